The molecule has 2 heterocycles. The number of carbonyl (C=O) groups is 2. The molecule has 4 N–H and O–H groups in total. The molecule has 1 aliphatic carbocycles. The fraction of sp³-hybridized carbons (Fsp3) is 0.263. The fourth-order valence-electron chi connectivity index (χ4n) is 3.48. The second-order valence-corrected chi connectivity index (χ2v) is 7.75. The first-order chi connectivity index (χ1) is 12.5. The van der Waals surface area contributed by atoms with Gasteiger partial charge >= 0.3 is 0 Å². The van der Waals surface area contributed by atoms with Crippen LogP contribution in [-0.4, -0.2) is 21.8 Å². The smallest absolute Gasteiger partial charge is 0.286 e. The van der Waals surface area contributed by atoms with Crippen LogP contribution in [0.25, 0.3) is 10.9 Å². The van der Waals surface area contributed by atoms with E-state index in [1.54, 1.807) is 18.3 Å². The number of nitrogens with one attached hydrogen (secondary N) is 4. The molecule has 0 saturated heterocycles. The number of fused-ring (bicyclic) bond motifs is 3. The quantitative estimate of drug-likeness (QED) is 0.483. The molecular formula is C19H19BrN4O2. The Morgan fingerprint density at radius 1 is 1.19 bits per heavy atom. The number of halogens is 1. The molecule has 4 rings (SSSR count). The number of hydrogen-bond acceptors (Lipinski definition) is 2. The minimum atomic E-state index is -0.405. The van der Waals surface area contributed by atoms with Gasteiger partial charge in [-0.25, -0.2) is 0 Å². The van der Waals surface area contributed by atoms with Gasteiger partial charge in [-0.05, 0) is 70.9 Å². The van der Waals surface area contributed by atoms with E-state index in [-0.39, 0.29) is 5.91 Å². The highest BCUT2D eigenvalue weighted by atomic mass is 79.9. The Morgan fingerprint density at radius 2 is 2.00 bits per heavy atom. The van der Waals surface area contributed by atoms with Gasteiger partial charge in [0.05, 0.1) is 0 Å². The number of benzene rings is 1. The zero-order chi connectivity index (χ0) is 18.3. The summed E-state index contributed by atoms with van der Waals surface area (Å²) in [4.78, 5) is 30.7. The van der Waals surface area contributed by atoms with E-state index in [1.807, 2.05) is 12.1 Å². The highest BCUT2D eigenvalue weighted by Crippen LogP contribution is 2.32. The van der Waals surface area contributed by atoms with E-state index in [2.05, 4.69) is 43.7 Å². The fourth-order valence-corrected chi connectivity index (χ4v) is 3.83. The number of aryl methyl sites for hydroxylation is 1. The summed E-state index contributed by atoms with van der Waals surface area (Å²) in [5, 5.41) is 1.10. The lowest BCUT2D eigenvalue weighted by molar-refractivity contribution is 0.0844. The average molecular weight is 415 g/mol. The molecule has 1 atom stereocenters. The summed E-state index contributed by atoms with van der Waals surface area (Å²) in [7, 11) is 0. The van der Waals surface area contributed by atoms with Crippen molar-refractivity contribution in [1.82, 2.24) is 20.8 Å². The molecule has 1 aliphatic rings. The highest BCUT2D eigenvalue weighted by molar-refractivity contribution is 9.10. The van der Waals surface area contributed by atoms with Crippen molar-refractivity contribution in [1.29, 1.82) is 0 Å². The average Bonchev–Trinajstić information content (AvgIpc) is 3.22. The molecule has 1 aromatic carbocycles. The van der Waals surface area contributed by atoms with Gasteiger partial charge in [-0.1, -0.05) is 6.92 Å². The first-order valence-corrected chi connectivity index (χ1v) is 9.38. The van der Waals surface area contributed by atoms with E-state index in [9.17, 15) is 9.59 Å². The van der Waals surface area contributed by atoms with Crippen molar-refractivity contribution in [2.45, 2.75) is 26.2 Å². The topological polar surface area (TPSA) is 89.8 Å². The first kappa shape index (κ1) is 16.9. The van der Waals surface area contributed by atoms with Crippen LogP contribution in [0.5, 0.6) is 0 Å². The van der Waals surface area contributed by atoms with E-state index in [4.69, 9.17) is 0 Å². The van der Waals surface area contributed by atoms with Gasteiger partial charge in [0.15, 0.2) is 0 Å². The van der Waals surface area contributed by atoms with Gasteiger partial charge in [0.25, 0.3) is 11.8 Å². The zero-order valence-corrected chi connectivity index (χ0v) is 15.9. The van der Waals surface area contributed by atoms with Crippen LogP contribution in [0.15, 0.2) is 34.9 Å². The zero-order valence-electron chi connectivity index (χ0n) is 14.3. The molecule has 0 radical (unpaired) electrons. The highest BCUT2D eigenvalue weighted by Gasteiger charge is 2.20. The summed E-state index contributed by atoms with van der Waals surface area (Å²) < 4.78 is 0.769. The monoisotopic (exact) mass is 414 g/mol. The number of hydrogen-bond donors (Lipinski definition) is 4. The number of amides is 2. The van der Waals surface area contributed by atoms with Crippen molar-refractivity contribution in [3.63, 3.8) is 0 Å². The lowest BCUT2D eigenvalue weighted by Gasteiger charge is -2.18. The summed E-state index contributed by atoms with van der Waals surface area (Å²) in [5.41, 5.74) is 9.42. The van der Waals surface area contributed by atoms with Crippen molar-refractivity contribution in [2.24, 2.45) is 5.92 Å². The van der Waals surface area contributed by atoms with Crippen LogP contribution in [0.1, 0.15) is 45.4 Å². The summed E-state index contributed by atoms with van der Waals surface area (Å²) in [5.74, 6) is -0.0963. The molecule has 0 saturated carbocycles. The Bertz CT molecular complexity index is 1000. The molecule has 26 heavy (non-hydrogen) atoms. The van der Waals surface area contributed by atoms with Gasteiger partial charge in [-0.2, -0.15) is 0 Å². The summed E-state index contributed by atoms with van der Waals surface area (Å²) in [6.07, 6.45) is 4.92. The number of aromatic nitrogens is 2. The summed E-state index contributed by atoms with van der Waals surface area (Å²) in [6.45, 7) is 2.26. The molecule has 0 bridgehead atoms. The predicted octanol–water partition coefficient (Wildman–Crippen LogP) is 3.46. The van der Waals surface area contributed by atoms with Crippen LogP contribution in [-0.2, 0) is 12.8 Å². The SMILES string of the molecule is C[C@H]1CCc2[nH]c3ccc(C(=O)NNC(=O)c4cc(Br)c[nH]4)cc3c2C1. The van der Waals surface area contributed by atoms with Gasteiger partial charge < -0.3 is 9.97 Å². The van der Waals surface area contributed by atoms with Gasteiger partial charge in [0.1, 0.15) is 5.69 Å². The van der Waals surface area contributed by atoms with Crippen molar-refractivity contribution < 1.29 is 9.59 Å². The number of hydrazine groups is 1. The first-order valence-electron chi connectivity index (χ1n) is 8.59. The second-order valence-electron chi connectivity index (χ2n) is 6.83. The van der Waals surface area contributed by atoms with Crippen LogP contribution < -0.4 is 10.9 Å². The summed E-state index contributed by atoms with van der Waals surface area (Å²) in [6, 6.07) is 7.23. The molecule has 0 unspecified atom stereocenters. The Hall–Kier alpha value is -2.54. The van der Waals surface area contributed by atoms with Crippen LogP contribution in [0.4, 0.5) is 0 Å². The number of H-pyrrole nitrogens is 2. The van der Waals surface area contributed by atoms with Crippen molar-refractivity contribution in [2.75, 3.05) is 0 Å². The van der Waals surface area contributed by atoms with E-state index >= 15 is 0 Å². The lowest BCUT2D eigenvalue weighted by Crippen LogP contribution is -2.41. The molecule has 3 aromatic rings. The van der Waals surface area contributed by atoms with Crippen molar-refractivity contribution >= 4 is 38.6 Å². The molecule has 7 heteroatoms. The number of rotatable bonds is 2. The molecule has 0 aliphatic heterocycles. The normalized spacial score (nSPS) is 16.3. The summed E-state index contributed by atoms with van der Waals surface area (Å²) >= 11 is 3.27. The van der Waals surface area contributed by atoms with Gasteiger partial charge in [0.2, 0.25) is 0 Å². The molecule has 2 amide bonds. The maximum Gasteiger partial charge on any atom is 0.286 e. The van der Waals surface area contributed by atoms with Gasteiger partial charge in [0, 0.05) is 32.8 Å². The molecule has 0 fully saturated rings. The van der Waals surface area contributed by atoms with Crippen molar-refractivity contribution in [3.05, 3.63) is 57.4 Å². The Morgan fingerprint density at radius 3 is 2.77 bits per heavy atom. The molecule has 0 spiro atoms. The Labute approximate surface area is 158 Å². The molecular weight excluding hydrogens is 396 g/mol. The van der Waals surface area contributed by atoms with Gasteiger partial charge in [-0.15, -0.1) is 0 Å². The van der Waals surface area contributed by atoms with E-state index in [1.165, 1.54) is 17.7 Å². The Kier molecular flexibility index (Phi) is 4.32. The van der Waals surface area contributed by atoms with E-state index < -0.39 is 5.91 Å². The van der Waals surface area contributed by atoms with Crippen LogP contribution in [0.3, 0.4) is 0 Å². The second kappa shape index (κ2) is 6.64. The minimum Gasteiger partial charge on any atom is -0.358 e. The van der Waals surface area contributed by atoms with E-state index in [0.29, 0.717) is 17.2 Å². The lowest BCUT2D eigenvalue weighted by atomic mass is 9.87. The molecule has 6 nitrogen and oxygen atoms in total. The number of carbonyl (C=O) groups excluding carboxylic acids is 2. The molecule has 134 valence electrons. The number of aromatic amines is 2. The third-order valence-electron chi connectivity index (χ3n) is 4.88. The third-order valence-corrected chi connectivity index (χ3v) is 5.34. The van der Waals surface area contributed by atoms with E-state index in [0.717, 1.165) is 28.2 Å². The minimum absolute atomic E-state index is 0.343. The third kappa shape index (κ3) is 3.14. The largest absolute Gasteiger partial charge is 0.358 e. The maximum absolute atomic E-state index is 12.4. The standard InChI is InChI=1S/C19H19BrN4O2/c1-10-2-4-15-13(6-10)14-7-11(3-5-16(14)22-15)18(25)23-24-19(26)17-8-12(20)9-21-17/h3,5,7-10,21-22H,2,4,6H2,1H3,(H,23,25)(H,24,26)/t10-/m0/s1. The predicted molar refractivity (Wildman–Crippen MR) is 103 cm³/mol. The van der Waals surface area contributed by atoms with Crippen LogP contribution >= 0.6 is 15.9 Å². The van der Waals surface area contributed by atoms with Crippen molar-refractivity contribution in [3.8, 4) is 0 Å². The maximum atomic E-state index is 12.4. The molecule has 2 aromatic heterocycles. The van der Waals surface area contributed by atoms with Crippen LogP contribution in [0.2, 0.25) is 0 Å². The Balaban J connectivity index is 1.52. The van der Waals surface area contributed by atoms with Crippen LogP contribution in [0, 0.1) is 5.92 Å². The van der Waals surface area contributed by atoms with Gasteiger partial charge in [-0.3, -0.25) is 20.4 Å².